The Morgan fingerprint density at radius 2 is 2.00 bits per heavy atom. The van der Waals surface area contributed by atoms with Gasteiger partial charge in [0.2, 0.25) is 0 Å². The fourth-order valence-corrected chi connectivity index (χ4v) is 2.23. The molecule has 0 heterocycles. The largest absolute Gasteiger partial charge is 0.324 e. The quantitative estimate of drug-likeness (QED) is 0.721. The molecule has 1 rings (SSSR count). The molecule has 90 valence electrons. The van der Waals surface area contributed by atoms with Gasteiger partial charge in [0.15, 0.2) is 0 Å². The number of hydrogen-bond acceptors (Lipinski definition) is 1. The molecule has 0 saturated heterocycles. The smallest absolute Gasteiger partial charge is 0.0408 e. The number of benzene rings is 1. The van der Waals surface area contributed by atoms with Crippen molar-refractivity contribution in [3.05, 3.63) is 34.3 Å². The van der Waals surface area contributed by atoms with Gasteiger partial charge in [-0.3, -0.25) is 0 Å². The minimum Gasteiger partial charge on any atom is -0.324 e. The van der Waals surface area contributed by atoms with Crippen LogP contribution in [0.2, 0.25) is 5.02 Å². The van der Waals surface area contributed by atoms with Crippen LogP contribution in [0, 0.1) is 6.92 Å². The summed E-state index contributed by atoms with van der Waals surface area (Å²) in [5.74, 6) is 0. The van der Waals surface area contributed by atoms with Crippen LogP contribution in [-0.4, -0.2) is 0 Å². The van der Waals surface area contributed by atoms with E-state index in [1.54, 1.807) is 0 Å². The molecule has 16 heavy (non-hydrogen) atoms. The van der Waals surface area contributed by atoms with E-state index in [4.69, 9.17) is 17.3 Å². The molecule has 1 aromatic rings. The van der Waals surface area contributed by atoms with Crippen LogP contribution in [0.1, 0.15) is 56.2 Å². The number of nitrogens with two attached hydrogens (primary N) is 1. The molecule has 0 bridgehead atoms. The molecule has 0 radical (unpaired) electrons. The Morgan fingerprint density at radius 3 is 2.62 bits per heavy atom. The Labute approximate surface area is 104 Å². The maximum Gasteiger partial charge on any atom is 0.0408 e. The van der Waals surface area contributed by atoms with Crippen molar-refractivity contribution in [3.63, 3.8) is 0 Å². The average molecular weight is 240 g/mol. The average Bonchev–Trinajstić information content (AvgIpc) is 2.24. The Balaban J connectivity index is 2.49. The van der Waals surface area contributed by atoms with Crippen LogP contribution < -0.4 is 5.73 Å². The summed E-state index contributed by atoms with van der Waals surface area (Å²) < 4.78 is 0. The summed E-state index contributed by atoms with van der Waals surface area (Å²) in [4.78, 5) is 0. The van der Waals surface area contributed by atoms with Gasteiger partial charge < -0.3 is 5.73 Å². The molecular weight excluding hydrogens is 218 g/mol. The predicted octanol–water partition coefficient (Wildman–Crippen LogP) is 4.62. The standard InChI is InChI=1S/C14H22ClN/c1-3-4-5-6-7-14(16)13-9-8-12(15)10-11(13)2/h8-10,14H,3-7,16H2,1-2H3. The highest BCUT2D eigenvalue weighted by Crippen LogP contribution is 2.23. The van der Waals surface area contributed by atoms with Crippen LogP contribution in [0.5, 0.6) is 0 Å². The van der Waals surface area contributed by atoms with Crippen molar-refractivity contribution in [2.75, 3.05) is 0 Å². The van der Waals surface area contributed by atoms with Crippen LogP contribution in [-0.2, 0) is 0 Å². The highest BCUT2D eigenvalue weighted by molar-refractivity contribution is 6.30. The van der Waals surface area contributed by atoms with E-state index < -0.39 is 0 Å². The topological polar surface area (TPSA) is 26.0 Å². The van der Waals surface area contributed by atoms with Crippen LogP contribution in [0.4, 0.5) is 0 Å². The Hall–Kier alpha value is -0.530. The first-order valence-corrected chi connectivity index (χ1v) is 6.54. The molecule has 2 heteroatoms. The fraction of sp³-hybridized carbons (Fsp3) is 0.571. The first kappa shape index (κ1) is 13.5. The van der Waals surface area contributed by atoms with Crippen molar-refractivity contribution >= 4 is 11.6 Å². The van der Waals surface area contributed by atoms with Crippen LogP contribution in [0.25, 0.3) is 0 Å². The maximum atomic E-state index is 6.19. The fourth-order valence-electron chi connectivity index (χ4n) is 2.00. The maximum absolute atomic E-state index is 6.19. The SMILES string of the molecule is CCCCCCC(N)c1ccc(Cl)cc1C. The first-order chi connectivity index (χ1) is 7.65. The lowest BCUT2D eigenvalue weighted by Gasteiger charge is -2.14. The van der Waals surface area contributed by atoms with Gasteiger partial charge in [0, 0.05) is 11.1 Å². The minimum absolute atomic E-state index is 0.161. The normalized spacial score (nSPS) is 12.8. The Bertz CT molecular complexity index is 323. The zero-order valence-corrected chi connectivity index (χ0v) is 11.1. The number of unbranched alkanes of at least 4 members (excludes halogenated alkanes) is 3. The molecule has 1 unspecified atom stereocenters. The van der Waals surface area contributed by atoms with Crippen molar-refractivity contribution in [2.45, 2.75) is 52.0 Å². The molecule has 0 spiro atoms. The molecule has 0 aromatic heterocycles. The third-order valence-corrected chi connectivity index (χ3v) is 3.24. The van der Waals surface area contributed by atoms with Crippen molar-refractivity contribution < 1.29 is 0 Å². The lowest BCUT2D eigenvalue weighted by molar-refractivity contribution is 0.564. The zero-order valence-electron chi connectivity index (χ0n) is 10.3. The summed E-state index contributed by atoms with van der Waals surface area (Å²) >= 11 is 5.93. The monoisotopic (exact) mass is 239 g/mol. The molecule has 0 aliphatic rings. The van der Waals surface area contributed by atoms with Gasteiger partial charge in [-0.1, -0.05) is 50.3 Å². The highest BCUT2D eigenvalue weighted by atomic mass is 35.5. The minimum atomic E-state index is 0.161. The zero-order chi connectivity index (χ0) is 12.0. The number of aryl methyl sites for hydroxylation is 1. The van der Waals surface area contributed by atoms with Crippen LogP contribution in [0.15, 0.2) is 18.2 Å². The van der Waals surface area contributed by atoms with E-state index in [1.807, 2.05) is 12.1 Å². The molecule has 1 nitrogen and oxygen atoms in total. The third kappa shape index (κ3) is 4.15. The van der Waals surface area contributed by atoms with Gasteiger partial charge in [0.25, 0.3) is 0 Å². The molecule has 0 saturated carbocycles. The van der Waals surface area contributed by atoms with E-state index >= 15 is 0 Å². The second-order valence-electron chi connectivity index (χ2n) is 4.46. The summed E-state index contributed by atoms with van der Waals surface area (Å²) in [6.45, 7) is 4.30. The number of halogens is 1. The summed E-state index contributed by atoms with van der Waals surface area (Å²) in [5, 5.41) is 0.791. The van der Waals surface area contributed by atoms with Gasteiger partial charge in [-0.25, -0.2) is 0 Å². The molecule has 0 fully saturated rings. The Kier molecular flexibility index (Phi) is 5.86. The Morgan fingerprint density at radius 1 is 1.25 bits per heavy atom. The summed E-state index contributed by atoms with van der Waals surface area (Å²) in [7, 11) is 0. The van der Waals surface area contributed by atoms with Crippen LogP contribution >= 0.6 is 11.6 Å². The number of hydrogen-bond donors (Lipinski definition) is 1. The second kappa shape index (κ2) is 6.93. The molecule has 2 N–H and O–H groups in total. The lowest BCUT2D eigenvalue weighted by Crippen LogP contribution is -2.11. The van der Waals surface area contributed by atoms with Crippen molar-refractivity contribution in [1.29, 1.82) is 0 Å². The molecular formula is C14H22ClN. The van der Waals surface area contributed by atoms with E-state index in [0.717, 1.165) is 11.4 Å². The number of rotatable bonds is 6. The summed E-state index contributed by atoms with van der Waals surface area (Å²) in [6.07, 6.45) is 6.16. The van der Waals surface area contributed by atoms with E-state index in [9.17, 15) is 0 Å². The van der Waals surface area contributed by atoms with E-state index in [0.29, 0.717) is 0 Å². The third-order valence-electron chi connectivity index (χ3n) is 3.00. The van der Waals surface area contributed by atoms with Crippen LogP contribution in [0.3, 0.4) is 0 Å². The van der Waals surface area contributed by atoms with Crippen molar-refractivity contribution in [3.8, 4) is 0 Å². The second-order valence-corrected chi connectivity index (χ2v) is 4.89. The molecule has 0 aliphatic carbocycles. The van der Waals surface area contributed by atoms with Gasteiger partial charge in [-0.2, -0.15) is 0 Å². The van der Waals surface area contributed by atoms with Gasteiger partial charge in [-0.05, 0) is 36.6 Å². The van der Waals surface area contributed by atoms with Crippen molar-refractivity contribution in [2.24, 2.45) is 5.73 Å². The van der Waals surface area contributed by atoms with Crippen molar-refractivity contribution in [1.82, 2.24) is 0 Å². The highest BCUT2D eigenvalue weighted by Gasteiger charge is 2.08. The van der Waals surface area contributed by atoms with Gasteiger partial charge in [0.05, 0.1) is 0 Å². The lowest BCUT2D eigenvalue weighted by atomic mass is 9.97. The summed E-state index contributed by atoms with van der Waals surface area (Å²) in [5.41, 5.74) is 8.63. The predicted molar refractivity (Wildman–Crippen MR) is 71.9 cm³/mol. The summed E-state index contributed by atoms with van der Waals surface area (Å²) in [6, 6.07) is 6.13. The molecule has 1 atom stereocenters. The van der Waals surface area contributed by atoms with E-state index in [2.05, 4.69) is 19.9 Å². The van der Waals surface area contributed by atoms with E-state index in [-0.39, 0.29) is 6.04 Å². The van der Waals surface area contributed by atoms with Gasteiger partial charge >= 0.3 is 0 Å². The molecule has 0 aliphatic heterocycles. The first-order valence-electron chi connectivity index (χ1n) is 6.16. The van der Waals surface area contributed by atoms with Gasteiger partial charge in [-0.15, -0.1) is 0 Å². The molecule has 1 aromatic carbocycles. The van der Waals surface area contributed by atoms with E-state index in [1.165, 1.54) is 36.8 Å². The molecule has 0 amide bonds. The van der Waals surface area contributed by atoms with Gasteiger partial charge in [0.1, 0.15) is 0 Å².